The second kappa shape index (κ2) is 7.64. The predicted octanol–water partition coefficient (Wildman–Crippen LogP) is 3.76. The Labute approximate surface area is 139 Å². The maximum absolute atomic E-state index is 12.8. The van der Waals surface area contributed by atoms with Gasteiger partial charge in [-0.15, -0.1) is 0 Å². The lowest BCUT2D eigenvalue weighted by Crippen LogP contribution is -2.45. The number of rotatable bonds is 5. The highest BCUT2D eigenvalue weighted by atomic mass is 16.5. The number of hydrogen-bond acceptors (Lipinski definition) is 3. The van der Waals surface area contributed by atoms with E-state index in [1.165, 1.54) is 11.1 Å². The summed E-state index contributed by atoms with van der Waals surface area (Å²) in [4.78, 5) is 12.8. The number of amides is 1. The van der Waals surface area contributed by atoms with Crippen LogP contribution in [-0.2, 0) is 9.53 Å². The number of benzene rings is 1. The minimum atomic E-state index is -0.422. The standard InChI is InChI=1S/C19H28N2O2/c1-12(2)14-8-6-9-15(13(3)4)17(14)21-19(22)18-16(23-5)10-7-11-20-18/h6,8-10,12-13,18,20H,7,11H2,1-5H3,(H,21,22)/t18-/m0/s1. The van der Waals surface area contributed by atoms with Crippen LogP contribution in [0.5, 0.6) is 0 Å². The summed E-state index contributed by atoms with van der Waals surface area (Å²) in [5, 5.41) is 6.39. The molecule has 1 aliphatic rings. The van der Waals surface area contributed by atoms with E-state index in [4.69, 9.17) is 4.74 Å². The lowest BCUT2D eigenvalue weighted by molar-refractivity contribution is -0.118. The SMILES string of the molecule is COC1=CCCN[C@@H]1C(=O)Nc1c(C(C)C)cccc1C(C)C. The molecule has 1 atom stereocenters. The van der Waals surface area contributed by atoms with Crippen molar-refractivity contribution in [2.75, 3.05) is 19.0 Å². The number of nitrogens with one attached hydrogen (secondary N) is 2. The molecule has 1 heterocycles. The van der Waals surface area contributed by atoms with Crippen LogP contribution < -0.4 is 10.6 Å². The van der Waals surface area contributed by atoms with Crippen molar-refractivity contribution in [2.24, 2.45) is 0 Å². The smallest absolute Gasteiger partial charge is 0.249 e. The largest absolute Gasteiger partial charge is 0.499 e. The van der Waals surface area contributed by atoms with Crippen LogP contribution in [0, 0.1) is 0 Å². The maximum atomic E-state index is 12.8. The number of carbonyl (C=O) groups is 1. The summed E-state index contributed by atoms with van der Waals surface area (Å²) >= 11 is 0. The van der Waals surface area contributed by atoms with Crippen molar-refractivity contribution in [2.45, 2.75) is 52.0 Å². The molecule has 126 valence electrons. The number of para-hydroxylation sites is 1. The fourth-order valence-corrected chi connectivity index (χ4v) is 2.97. The Morgan fingerprint density at radius 2 is 1.83 bits per heavy atom. The quantitative estimate of drug-likeness (QED) is 0.869. The van der Waals surface area contributed by atoms with E-state index < -0.39 is 6.04 Å². The summed E-state index contributed by atoms with van der Waals surface area (Å²) in [7, 11) is 1.61. The molecule has 0 aliphatic carbocycles. The van der Waals surface area contributed by atoms with Crippen LogP contribution in [0.4, 0.5) is 5.69 Å². The van der Waals surface area contributed by atoms with Crippen molar-refractivity contribution in [3.63, 3.8) is 0 Å². The molecule has 0 spiro atoms. The maximum Gasteiger partial charge on any atom is 0.249 e. The van der Waals surface area contributed by atoms with Crippen LogP contribution in [0.25, 0.3) is 0 Å². The van der Waals surface area contributed by atoms with Crippen molar-refractivity contribution in [3.05, 3.63) is 41.2 Å². The third-order valence-corrected chi connectivity index (χ3v) is 4.24. The summed E-state index contributed by atoms with van der Waals surface area (Å²) in [6, 6.07) is 5.83. The van der Waals surface area contributed by atoms with Crippen LogP contribution in [0.2, 0.25) is 0 Å². The van der Waals surface area contributed by atoms with Gasteiger partial charge in [-0.25, -0.2) is 0 Å². The van der Waals surface area contributed by atoms with E-state index >= 15 is 0 Å². The molecule has 1 aromatic carbocycles. The Morgan fingerprint density at radius 1 is 1.22 bits per heavy atom. The van der Waals surface area contributed by atoms with E-state index in [1.54, 1.807) is 7.11 Å². The molecule has 2 rings (SSSR count). The molecule has 0 saturated carbocycles. The van der Waals surface area contributed by atoms with Crippen molar-refractivity contribution >= 4 is 11.6 Å². The molecular formula is C19H28N2O2. The predicted molar refractivity (Wildman–Crippen MR) is 94.7 cm³/mol. The average molecular weight is 316 g/mol. The fraction of sp³-hybridized carbons (Fsp3) is 0.526. The average Bonchev–Trinajstić information content (AvgIpc) is 2.54. The number of carbonyl (C=O) groups excluding carboxylic acids is 1. The zero-order chi connectivity index (χ0) is 17.0. The van der Waals surface area contributed by atoms with Gasteiger partial charge < -0.3 is 10.1 Å². The third kappa shape index (κ3) is 3.94. The van der Waals surface area contributed by atoms with Gasteiger partial charge in [0.15, 0.2) is 0 Å². The molecule has 1 amide bonds. The fourth-order valence-electron chi connectivity index (χ4n) is 2.97. The molecule has 4 heteroatoms. The van der Waals surface area contributed by atoms with Crippen LogP contribution in [0.3, 0.4) is 0 Å². The van der Waals surface area contributed by atoms with Crippen LogP contribution in [0.1, 0.15) is 57.1 Å². The van der Waals surface area contributed by atoms with Gasteiger partial charge in [0.1, 0.15) is 11.8 Å². The van der Waals surface area contributed by atoms with E-state index in [0.29, 0.717) is 17.6 Å². The summed E-state index contributed by atoms with van der Waals surface area (Å²) in [5.41, 5.74) is 3.29. The normalized spacial score (nSPS) is 18.0. The Kier molecular flexibility index (Phi) is 5.83. The van der Waals surface area contributed by atoms with Gasteiger partial charge in [0.05, 0.1) is 7.11 Å². The molecule has 0 aromatic heterocycles. The molecular weight excluding hydrogens is 288 g/mol. The van der Waals surface area contributed by atoms with Gasteiger partial charge in [-0.3, -0.25) is 10.1 Å². The van der Waals surface area contributed by atoms with Crippen molar-refractivity contribution in [3.8, 4) is 0 Å². The number of hydrogen-bond donors (Lipinski definition) is 2. The van der Waals surface area contributed by atoms with E-state index in [1.807, 2.05) is 6.08 Å². The van der Waals surface area contributed by atoms with Gasteiger partial charge in [0.2, 0.25) is 5.91 Å². The number of anilines is 1. The zero-order valence-electron chi connectivity index (χ0n) is 14.8. The topological polar surface area (TPSA) is 50.4 Å². The summed E-state index contributed by atoms with van der Waals surface area (Å²) in [6.07, 6.45) is 2.87. The molecule has 0 unspecified atom stereocenters. The lowest BCUT2D eigenvalue weighted by Gasteiger charge is -2.26. The Balaban J connectivity index is 2.33. The van der Waals surface area contributed by atoms with Gasteiger partial charge in [0, 0.05) is 5.69 Å². The Hall–Kier alpha value is -1.81. The molecule has 4 nitrogen and oxygen atoms in total. The molecule has 1 aliphatic heterocycles. The van der Waals surface area contributed by atoms with Crippen molar-refractivity contribution < 1.29 is 9.53 Å². The number of methoxy groups -OCH3 is 1. The summed E-state index contributed by atoms with van der Waals surface area (Å²) in [5.74, 6) is 1.33. The van der Waals surface area contributed by atoms with Crippen LogP contribution in [0.15, 0.2) is 30.0 Å². The van der Waals surface area contributed by atoms with Crippen molar-refractivity contribution in [1.29, 1.82) is 0 Å². The highest BCUT2D eigenvalue weighted by Crippen LogP contribution is 2.32. The second-order valence-electron chi connectivity index (χ2n) is 6.60. The first-order chi connectivity index (χ1) is 11.0. The highest BCUT2D eigenvalue weighted by molar-refractivity contribution is 5.98. The molecule has 0 saturated heterocycles. The third-order valence-electron chi connectivity index (χ3n) is 4.24. The van der Waals surface area contributed by atoms with E-state index in [2.05, 4.69) is 56.5 Å². The van der Waals surface area contributed by atoms with Gasteiger partial charge in [-0.1, -0.05) is 45.9 Å². The van der Waals surface area contributed by atoms with Gasteiger partial charge in [0.25, 0.3) is 0 Å². The van der Waals surface area contributed by atoms with E-state index in [0.717, 1.165) is 18.7 Å². The van der Waals surface area contributed by atoms with E-state index in [9.17, 15) is 4.79 Å². The summed E-state index contributed by atoms with van der Waals surface area (Å²) < 4.78 is 5.36. The molecule has 0 bridgehead atoms. The minimum absolute atomic E-state index is 0.0622. The highest BCUT2D eigenvalue weighted by Gasteiger charge is 2.27. The summed E-state index contributed by atoms with van der Waals surface area (Å²) in [6.45, 7) is 9.37. The first-order valence-corrected chi connectivity index (χ1v) is 8.36. The van der Waals surface area contributed by atoms with Crippen LogP contribution in [-0.4, -0.2) is 25.6 Å². The lowest BCUT2D eigenvalue weighted by atomic mass is 9.92. The number of ether oxygens (including phenoxy) is 1. The molecule has 0 radical (unpaired) electrons. The zero-order valence-corrected chi connectivity index (χ0v) is 14.8. The first-order valence-electron chi connectivity index (χ1n) is 8.36. The van der Waals surface area contributed by atoms with Gasteiger partial charge >= 0.3 is 0 Å². The molecule has 0 fully saturated rings. The second-order valence-corrected chi connectivity index (χ2v) is 6.60. The molecule has 1 aromatic rings. The van der Waals surface area contributed by atoms with Crippen LogP contribution >= 0.6 is 0 Å². The molecule has 23 heavy (non-hydrogen) atoms. The first kappa shape index (κ1) is 17.5. The van der Waals surface area contributed by atoms with Crippen molar-refractivity contribution in [1.82, 2.24) is 5.32 Å². The molecule has 2 N–H and O–H groups in total. The Morgan fingerprint density at radius 3 is 2.35 bits per heavy atom. The monoisotopic (exact) mass is 316 g/mol. The Bertz CT molecular complexity index is 565. The van der Waals surface area contributed by atoms with Gasteiger partial charge in [-0.2, -0.15) is 0 Å². The minimum Gasteiger partial charge on any atom is -0.499 e. The van der Waals surface area contributed by atoms with Gasteiger partial charge in [-0.05, 0) is 42.0 Å². The van der Waals surface area contributed by atoms with E-state index in [-0.39, 0.29) is 5.91 Å².